The molecule has 0 aliphatic carbocycles. The van der Waals surface area contributed by atoms with Gasteiger partial charge in [0, 0.05) is 14.2 Å². The standard InChI is InChI=1S/2C8H20NO.C2F6NO4S2.ClH/c2*1-5-9(3,6-2)7-8-10-4;3-1(4,5)14(10,11)9-15(12,13)2(6,7)8;/h2*5-8H2,1-4H3;;1H/q2*+1;-1;/p-1. The third-order valence-electron chi connectivity index (χ3n) is 5.51. The Labute approximate surface area is 217 Å². The lowest BCUT2D eigenvalue weighted by atomic mass is 10.4. The van der Waals surface area contributed by atoms with E-state index < -0.39 is 31.1 Å². The maximum absolute atomic E-state index is 11.4. The first kappa shape index (κ1) is 42.7. The van der Waals surface area contributed by atoms with Crippen LogP contribution in [0.5, 0.6) is 0 Å². The van der Waals surface area contributed by atoms with E-state index in [9.17, 15) is 43.2 Å². The summed E-state index contributed by atoms with van der Waals surface area (Å²) in [4.78, 5) is 0. The monoisotopic (exact) mass is 607 g/mol. The molecule has 9 nitrogen and oxygen atoms in total. The summed E-state index contributed by atoms with van der Waals surface area (Å²) < 4.78 is 121. The molecular formula is C18H40ClF6N3O6S2. The second-order valence-electron chi connectivity index (χ2n) is 7.85. The molecule has 224 valence electrons. The number of nitrogens with zero attached hydrogens (tertiary/aromatic N) is 3. The topological polar surface area (TPSA) is 101 Å². The quantitative estimate of drug-likeness (QED) is 0.234. The van der Waals surface area contributed by atoms with Crippen molar-refractivity contribution < 1.29 is 74.0 Å². The van der Waals surface area contributed by atoms with Gasteiger partial charge in [0.2, 0.25) is 0 Å². The smallest absolute Gasteiger partial charge is 0.480 e. The van der Waals surface area contributed by atoms with Gasteiger partial charge in [0.25, 0.3) is 0 Å². The molecule has 0 spiro atoms. The lowest BCUT2D eigenvalue weighted by molar-refractivity contribution is -0.906. The molecule has 0 aromatic carbocycles. The molecule has 0 aromatic rings. The number of hydrogen-bond acceptors (Lipinski definition) is 6. The molecule has 0 aliphatic heterocycles. The summed E-state index contributed by atoms with van der Waals surface area (Å²) in [5, 5.41) is 0. The highest BCUT2D eigenvalue weighted by atomic mass is 35.5. The Morgan fingerprint density at radius 2 is 0.861 bits per heavy atom. The summed E-state index contributed by atoms with van der Waals surface area (Å²) in [5.41, 5.74) is -12.4. The first-order valence-corrected chi connectivity index (χ1v) is 13.5. The van der Waals surface area contributed by atoms with Crippen molar-refractivity contribution in [1.82, 2.24) is 0 Å². The minimum absolute atomic E-state index is 0. The maximum atomic E-state index is 11.4. The van der Waals surface area contributed by atoms with E-state index >= 15 is 0 Å². The molecule has 0 saturated heterocycles. The van der Waals surface area contributed by atoms with Crippen molar-refractivity contribution in [2.24, 2.45) is 0 Å². The fourth-order valence-electron chi connectivity index (χ4n) is 1.92. The summed E-state index contributed by atoms with van der Waals surface area (Å²) in [6.07, 6.45) is 0. The molecule has 0 unspecified atom stereocenters. The summed E-state index contributed by atoms with van der Waals surface area (Å²) in [6.45, 7) is 17.7. The average molecular weight is 608 g/mol. The van der Waals surface area contributed by atoms with E-state index in [4.69, 9.17) is 9.47 Å². The number of methoxy groups -OCH3 is 2. The van der Waals surface area contributed by atoms with Crippen LogP contribution in [0.4, 0.5) is 26.3 Å². The number of hydrogen-bond donors (Lipinski definition) is 0. The van der Waals surface area contributed by atoms with Gasteiger partial charge in [-0.3, -0.25) is 0 Å². The van der Waals surface area contributed by atoms with E-state index in [2.05, 4.69) is 41.8 Å². The lowest BCUT2D eigenvalue weighted by Gasteiger charge is -2.31. The van der Waals surface area contributed by atoms with Gasteiger partial charge in [-0.1, -0.05) is 0 Å². The summed E-state index contributed by atoms with van der Waals surface area (Å²) >= 11 is 0. The molecule has 18 heteroatoms. The van der Waals surface area contributed by atoms with Crippen molar-refractivity contribution in [3.8, 4) is 0 Å². The van der Waals surface area contributed by atoms with Crippen molar-refractivity contribution in [3.63, 3.8) is 0 Å². The highest BCUT2D eigenvalue weighted by Crippen LogP contribution is 2.36. The Morgan fingerprint density at radius 1 is 0.639 bits per heavy atom. The van der Waals surface area contributed by atoms with Crippen LogP contribution in [0.1, 0.15) is 27.7 Å². The molecule has 0 fully saturated rings. The molecule has 0 amide bonds. The molecule has 0 N–H and O–H groups in total. The van der Waals surface area contributed by atoms with Crippen LogP contribution in [0.2, 0.25) is 0 Å². The zero-order valence-corrected chi connectivity index (χ0v) is 24.3. The predicted molar refractivity (Wildman–Crippen MR) is 121 cm³/mol. The average Bonchev–Trinajstić information content (AvgIpc) is 2.74. The van der Waals surface area contributed by atoms with E-state index in [0.29, 0.717) is 0 Å². The van der Waals surface area contributed by atoms with Gasteiger partial charge in [-0.2, -0.15) is 26.3 Å². The normalized spacial score (nSPS) is 13.1. The first-order chi connectivity index (χ1) is 15.6. The third-order valence-corrected chi connectivity index (χ3v) is 8.25. The molecule has 0 heterocycles. The molecule has 0 bridgehead atoms. The van der Waals surface area contributed by atoms with E-state index in [-0.39, 0.29) is 12.4 Å². The van der Waals surface area contributed by atoms with Crippen LogP contribution in [0.15, 0.2) is 0 Å². The second kappa shape index (κ2) is 18.0. The van der Waals surface area contributed by atoms with E-state index in [1.165, 1.54) is 26.2 Å². The van der Waals surface area contributed by atoms with E-state index in [1.807, 2.05) is 0 Å². The zero-order chi connectivity index (χ0) is 28.8. The van der Waals surface area contributed by atoms with Crippen molar-refractivity contribution in [2.75, 3.05) is 80.8 Å². The molecule has 0 aliphatic rings. The molecule has 0 rings (SSSR count). The van der Waals surface area contributed by atoms with Crippen LogP contribution in [0.3, 0.4) is 0 Å². The minimum atomic E-state index is -6.72. The highest BCUT2D eigenvalue weighted by Gasteiger charge is 2.46. The van der Waals surface area contributed by atoms with Gasteiger partial charge in [-0.05, 0) is 27.7 Å². The Bertz CT molecular complexity index is 709. The Morgan fingerprint density at radius 3 is 1.00 bits per heavy atom. The van der Waals surface area contributed by atoms with Gasteiger partial charge in [0.15, 0.2) is 20.0 Å². The third kappa shape index (κ3) is 17.1. The molecule has 36 heavy (non-hydrogen) atoms. The predicted octanol–water partition coefficient (Wildman–Crippen LogP) is 0.302. The molecule has 0 aromatic heterocycles. The first-order valence-electron chi connectivity index (χ1n) is 10.6. The summed E-state index contributed by atoms with van der Waals surface area (Å²) in [6, 6.07) is 0. The number of halogens is 7. The van der Waals surface area contributed by atoms with Crippen LogP contribution >= 0.6 is 0 Å². The van der Waals surface area contributed by atoms with Crippen molar-refractivity contribution in [1.29, 1.82) is 0 Å². The van der Waals surface area contributed by atoms with Crippen LogP contribution in [0, 0.1) is 0 Å². The largest absolute Gasteiger partial charge is 1.00 e. The molecule has 0 atom stereocenters. The lowest BCUT2D eigenvalue weighted by Crippen LogP contribution is -3.00. The van der Waals surface area contributed by atoms with Crippen molar-refractivity contribution >= 4 is 20.0 Å². The van der Waals surface area contributed by atoms with Gasteiger partial charge < -0.3 is 35.0 Å². The highest BCUT2D eigenvalue weighted by molar-refractivity contribution is 8.13. The number of ether oxygens (including phenoxy) is 2. The Hall–Kier alpha value is -0.430. The van der Waals surface area contributed by atoms with Crippen LogP contribution in [-0.4, -0.2) is 118 Å². The van der Waals surface area contributed by atoms with E-state index in [0.717, 1.165) is 39.4 Å². The number of alkyl halides is 6. The summed E-state index contributed by atoms with van der Waals surface area (Å²) in [7, 11) is -5.40. The fourth-order valence-corrected chi connectivity index (χ4v) is 3.63. The summed E-state index contributed by atoms with van der Waals surface area (Å²) in [5.74, 6) is 0. The Kier molecular flexibility index (Phi) is 21.3. The number of sulfonamides is 2. The van der Waals surface area contributed by atoms with Gasteiger partial charge in [0.05, 0.1) is 53.5 Å². The van der Waals surface area contributed by atoms with Gasteiger partial charge in [-0.15, -0.1) is 0 Å². The number of rotatable bonds is 12. The SMILES string of the molecule is CC[N+](C)(CC)CCOC.CC[N+](C)(CC)CCOC.O=S(=O)([N-]S(=O)(=O)C(F)(F)F)C(F)(F)F.[Cl-]. The molecule has 0 saturated carbocycles. The van der Waals surface area contributed by atoms with Gasteiger partial charge in [-0.25, -0.2) is 16.8 Å². The van der Waals surface area contributed by atoms with Crippen molar-refractivity contribution in [2.45, 2.75) is 38.7 Å². The Balaban J connectivity index is -0.000000217. The number of likely N-dealkylation sites (N-methyl/N-ethyl adjacent to an activating group) is 2. The zero-order valence-electron chi connectivity index (χ0n) is 21.9. The van der Waals surface area contributed by atoms with Crippen molar-refractivity contribution in [3.05, 3.63) is 4.13 Å². The van der Waals surface area contributed by atoms with Crippen LogP contribution in [-0.2, 0) is 29.5 Å². The molecule has 0 radical (unpaired) electrons. The van der Waals surface area contributed by atoms with Crippen LogP contribution < -0.4 is 12.4 Å². The second-order valence-corrected chi connectivity index (χ2v) is 11.3. The van der Waals surface area contributed by atoms with Gasteiger partial charge in [0.1, 0.15) is 13.1 Å². The molecular weight excluding hydrogens is 568 g/mol. The number of quaternary nitrogens is 2. The fraction of sp³-hybridized carbons (Fsp3) is 1.00. The minimum Gasteiger partial charge on any atom is -1.00 e. The van der Waals surface area contributed by atoms with Gasteiger partial charge >= 0.3 is 11.0 Å². The van der Waals surface area contributed by atoms with E-state index in [1.54, 1.807) is 14.2 Å². The maximum Gasteiger partial charge on any atom is 0.480 e. The van der Waals surface area contributed by atoms with Crippen LogP contribution in [0.25, 0.3) is 4.13 Å².